The molecule has 0 aliphatic heterocycles. The average molecular weight is 347 g/mol. The number of hydrogen-bond donors (Lipinski definition) is 0. The normalized spacial score (nSPS) is 16.7. The van der Waals surface area contributed by atoms with E-state index < -0.39 is 0 Å². The Morgan fingerprint density at radius 1 is 1.19 bits per heavy atom. The van der Waals surface area contributed by atoms with E-state index in [1.165, 1.54) is 11.3 Å². The maximum absolute atomic E-state index is 13.3. The van der Waals surface area contributed by atoms with Crippen LogP contribution in [-0.4, -0.2) is 26.2 Å². The SMILES string of the molecule is CC(C)N(Cc1ccccc1)C(=O)C1CCc2nc3ccccn3c2C1. The van der Waals surface area contributed by atoms with Gasteiger partial charge in [0, 0.05) is 36.8 Å². The van der Waals surface area contributed by atoms with Crippen molar-refractivity contribution in [3.63, 3.8) is 0 Å². The number of nitrogens with zero attached hydrogens (tertiary/aromatic N) is 3. The minimum atomic E-state index is 0.0359. The smallest absolute Gasteiger partial charge is 0.226 e. The van der Waals surface area contributed by atoms with Crippen LogP contribution in [0.4, 0.5) is 0 Å². The van der Waals surface area contributed by atoms with Crippen molar-refractivity contribution in [2.75, 3.05) is 0 Å². The van der Waals surface area contributed by atoms with Crippen LogP contribution in [0.15, 0.2) is 54.7 Å². The Morgan fingerprint density at radius 3 is 2.73 bits per heavy atom. The molecule has 0 radical (unpaired) electrons. The Morgan fingerprint density at radius 2 is 1.96 bits per heavy atom. The third-order valence-corrected chi connectivity index (χ3v) is 5.33. The Kier molecular flexibility index (Phi) is 4.49. The van der Waals surface area contributed by atoms with Gasteiger partial charge >= 0.3 is 0 Å². The molecule has 0 N–H and O–H groups in total. The molecule has 0 saturated carbocycles. The molecule has 4 heteroatoms. The molecule has 0 saturated heterocycles. The molecule has 1 aliphatic rings. The molecule has 1 aromatic carbocycles. The van der Waals surface area contributed by atoms with E-state index in [2.05, 4.69) is 36.6 Å². The third-order valence-electron chi connectivity index (χ3n) is 5.33. The van der Waals surface area contributed by atoms with Crippen molar-refractivity contribution < 1.29 is 4.79 Å². The summed E-state index contributed by atoms with van der Waals surface area (Å²) in [5.41, 5.74) is 4.52. The fourth-order valence-corrected chi connectivity index (χ4v) is 3.90. The highest BCUT2D eigenvalue weighted by molar-refractivity contribution is 5.80. The molecular formula is C22H25N3O. The summed E-state index contributed by atoms with van der Waals surface area (Å²) < 4.78 is 2.14. The number of carbonyl (C=O) groups excluding carboxylic acids is 1. The van der Waals surface area contributed by atoms with Gasteiger partial charge in [0.2, 0.25) is 5.91 Å². The lowest BCUT2D eigenvalue weighted by Crippen LogP contribution is -2.42. The van der Waals surface area contributed by atoms with Gasteiger partial charge in [0.25, 0.3) is 0 Å². The van der Waals surface area contributed by atoms with Crippen LogP contribution in [0.5, 0.6) is 0 Å². The van der Waals surface area contributed by atoms with E-state index in [4.69, 9.17) is 4.98 Å². The molecule has 0 bridgehead atoms. The predicted molar refractivity (Wildman–Crippen MR) is 103 cm³/mol. The highest BCUT2D eigenvalue weighted by Gasteiger charge is 2.31. The molecule has 3 aromatic rings. The van der Waals surface area contributed by atoms with Crippen molar-refractivity contribution in [3.8, 4) is 0 Å². The van der Waals surface area contributed by atoms with E-state index in [-0.39, 0.29) is 17.9 Å². The lowest BCUT2D eigenvalue weighted by molar-refractivity contribution is -0.138. The zero-order valence-electron chi connectivity index (χ0n) is 15.4. The molecule has 0 spiro atoms. The summed E-state index contributed by atoms with van der Waals surface area (Å²) in [4.78, 5) is 20.1. The van der Waals surface area contributed by atoms with Gasteiger partial charge in [0.05, 0.1) is 5.69 Å². The maximum atomic E-state index is 13.3. The van der Waals surface area contributed by atoms with Crippen LogP contribution in [0.3, 0.4) is 0 Å². The van der Waals surface area contributed by atoms with Gasteiger partial charge in [-0.1, -0.05) is 36.4 Å². The average Bonchev–Trinajstić information content (AvgIpc) is 3.04. The summed E-state index contributed by atoms with van der Waals surface area (Å²) in [6, 6.07) is 16.5. The number of rotatable bonds is 4. The largest absolute Gasteiger partial charge is 0.336 e. The number of amides is 1. The number of benzene rings is 1. The van der Waals surface area contributed by atoms with E-state index in [1.807, 2.05) is 41.3 Å². The topological polar surface area (TPSA) is 37.6 Å². The molecule has 134 valence electrons. The van der Waals surface area contributed by atoms with Gasteiger partial charge in [-0.3, -0.25) is 4.79 Å². The molecule has 4 nitrogen and oxygen atoms in total. The van der Waals surface area contributed by atoms with Gasteiger partial charge in [0.15, 0.2) is 0 Å². The zero-order valence-corrected chi connectivity index (χ0v) is 15.4. The summed E-state index contributed by atoms with van der Waals surface area (Å²) in [6.07, 6.45) is 4.59. The van der Waals surface area contributed by atoms with Gasteiger partial charge in [-0.2, -0.15) is 0 Å². The summed E-state index contributed by atoms with van der Waals surface area (Å²) >= 11 is 0. The second-order valence-corrected chi connectivity index (χ2v) is 7.42. The summed E-state index contributed by atoms with van der Waals surface area (Å²) in [5, 5.41) is 0. The first-order valence-electron chi connectivity index (χ1n) is 9.42. The number of pyridine rings is 1. The number of aryl methyl sites for hydroxylation is 1. The number of fused-ring (bicyclic) bond motifs is 3. The second kappa shape index (κ2) is 6.94. The Labute approximate surface area is 154 Å². The Bertz CT molecular complexity index is 914. The van der Waals surface area contributed by atoms with Crippen LogP contribution >= 0.6 is 0 Å². The monoisotopic (exact) mass is 347 g/mol. The molecule has 1 amide bonds. The number of aromatic nitrogens is 2. The van der Waals surface area contributed by atoms with Crippen molar-refractivity contribution in [2.45, 2.75) is 45.7 Å². The van der Waals surface area contributed by atoms with Gasteiger partial charge in [0.1, 0.15) is 5.65 Å². The molecule has 1 atom stereocenters. The van der Waals surface area contributed by atoms with Crippen LogP contribution in [0.2, 0.25) is 0 Å². The van der Waals surface area contributed by atoms with Gasteiger partial charge < -0.3 is 9.30 Å². The van der Waals surface area contributed by atoms with Crippen LogP contribution in [0, 0.1) is 5.92 Å². The quantitative estimate of drug-likeness (QED) is 0.718. The van der Waals surface area contributed by atoms with Crippen molar-refractivity contribution in [3.05, 3.63) is 71.7 Å². The van der Waals surface area contributed by atoms with Crippen LogP contribution in [0.1, 0.15) is 37.2 Å². The zero-order chi connectivity index (χ0) is 18.1. The first kappa shape index (κ1) is 16.8. The van der Waals surface area contributed by atoms with E-state index in [0.29, 0.717) is 6.54 Å². The Hall–Kier alpha value is -2.62. The number of hydrogen-bond acceptors (Lipinski definition) is 2. The molecular weight excluding hydrogens is 322 g/mol. The molecule has 2 aromatic heterocycles. The van der Waals surface area contributed by atoms with E-state index >= 15 is 0 Å². The van der Waals surface area contributed by atoms with E-state index in [9.17, 15) is 4.79 Å². The summed E-state index contributed by atoms with van der Waals surface area (Å²) in [6.45, 7) is 4.88. The van der Waals surface area contributed by atoms with Crippen molar-refractivity contribution in [1.29, 1.82) is 0 Å². The third kappa shape index (κ3) is 3.12. The molecule has 1 aliphatic carbocycles. The van der Waals surface area contributed by atoms with Crippen molar-refractivity contribution >= 4 is 11.6 Å². The molecule has 4 rings (SSSR count). The maximum Gasteiger partial charge on any atom is 0.226 e. The number of carbonyl (C=O) groups is 1. The molecule has 1 unspecified atom stereocenters. The first-order chi connectivity index (χ1) is 12.6. The fourth-order valence-electron chi connectivity index (χ4n) is 3.90. The molecule has 0 fully saturated rings. The van der Waals surface area contributed by atoms with E-state index in [0.717, 1.165) is 30.6 Å². The Balaban J connectivity index is 1.57. The van der Waals surface area contributed by atoms with Gasteiger partial charge in [-0.15, -0.1) is 0 Å². The fraction of sp³-hybridized carbons (Fsp3) is 0.364. The van der Waals surface area contributed by atoms with Crippen molar-refractivity contribution in [2.24, 2.45) is 5.92 Å². The summed E-state index contributed by atoms with van der Waals surface area (Å²) in [5.74, 6) is 0.300. The highest BCUT2D eigenvalue weighted by atomic mass is 16.2. The lowest BCUT2D eigenvalue weighted by atomic mass is 9.88. The van der Waals surface area contributed by atoms with Crippen LogP contribution in [0.25, 0.3) is 5.65 Å². The second-order valence-electron chi connectivity index (χ2n) is 7.42. The molecule has 26 heavy (non-hydrogen) atoms. The highest BCUT2D eigenvalue weighted by Crippen LogP contribution is 2.28. The minimum Gasteiger partial charge on any atom is -0.336 e. The van der Waals surface area contributed by atoms with E-state index in [1.54, 1.807) is 0 Å². The van der Waals surface area contributed by atoms with Gasteiger partial charge in [-0.05, 0) is 44.4 Å². The predicted octanol–water partition coefficient (Wildman–Crippen LogP) is 3.88. The van der Waals surface area contributed by atoms with Gasteiger partial charge in [-0.25, -0.2) is 4.98 Å². The summed E-state index contributed by atoms with van der Waals surface area (Å²) in [7, 11) is 0. The lowest BCUT2D eigenvalue weighted by Gasteiger charge is -2.32. The van der Waals surface area contributed by atoms with Crippen molar-refractivity contribution in [1.82, 2.24) is 14.3 Å². The minimum absolute atomic E-state index is 0.0359. The van der Waals surface area contributed by atoms with Crippen LogP contribution < -0.4 is 0 Å². The van der Waals surface area contributed by atoms with Crippen LogP contribution in [-0.2, 0) is 24.2 Å². The molecule has 2 heterocycles. The number of imidazole rings is 1. The standard InChI is InChI=1S/C22H25N3O/c1-16(2)25(15-17-8-4-3-5-9-17)22(26)18-11-12-19-20(14-18)24-13-7-6-10-21(24)23-19/h3-10,13,16,18H,11-12,14-15H2,1-2H3. The first-order valence-corrected chi connectivity index (χ1v) is 9.42.